The molecule has 1 aliphatic heterocycles. The fraction of sp³-hybridized carbons (Fsp3) is 0.154. The van der Waals surface area contributed by atoms with Gasteiger partial charge < -0.3 is 10.1 Å². The zero-order valence-electron chi connectivity index (χ0n) is 17.5. The number of hydrogen-bond acceptors (Lipinski definition) is 4. The minimum atomic E-state index is -0.195. The average molecular weight is 440 g/mol. The highest BCUT2D eigenvalue weighted by atomic mass is 32.1. The molecule has 1 amide bonds. The van der Waals surface area contributed by atoms with E-state index in [1.54, 1.807) is 18.4 Å². The SMILES string of the molecule is CN1C(=N)NC(c2ccc3sc4ccc(C#COCc5ccccc5)cc4c3c2)CC1=O. The van der Waals surface area contributed by atoms with Gasteiger partial charge in [0.25, 0.3) is 0 Å². The lowest BCUT2D eigenvalue weighted by Crippen LogP contribution is -2.49. The molecule has 6 heteroatoms. The van der Waals surface area contributed by atoms with Gasteiger partial charge in [0.1, 0.15) is 12.7 Å². The Morgan fingerprint density at radius 2 is 1.84 bits per heavy atom. The highest BCUT2D eigenvalue weighted by molar-refractivity contribution is 7.25. The van der Waals surface area contributed by atoms with Crippen molar-refractivity contribution in [3.8, 4) is 12.0 Å². The van der Waals surface area contributed by atoms with Gasteiger partial charge in [-0.05, 0) is 47.4 Å². The third kappa shape index (κ3) is 3.91. The number of ether oxygens (including phenoxy) is 1. The highest BCUT2D eigenvalue weighted by Crippen LogP contribution is 2.36. The molecule has 0 bridgehead atoms. The number of hydrogen-bond donors (Lipinski definition) is 2. The number of nitrogens with one attached hydrogen (secondary N) is 2. The van der Waals surface area contributed by atoms with Gasteiger partial charge in [-0.15, -0.1) is 11.3 Å². The fourth-order valence-corrected chi connectivity index (χ4v) is 4.90. The van der Waals surface area contributed by atoms with Crippen LogP contribution in [0.5, 0.6) is 0 Å². The molecule has 0 saturated carbocycles. The lowest BCUT2D eigenvalue weighted by molar-refractivity contribution is -0.128. The number of benzene rings is 3. The van der Waals surface area contributed by atoms with Crippen LogP contribution >= 0.6 is 11.3 Å². The van der Waals surface area contributed by atoms with Crippen LogP contribution in [0.1, 0.15) is 29.2 Å². The van der Waals surface area contributed by atoms with Crippen molar-refractivity contribution >= 4 is 43.4 Å². The Balaban J connectivity index is 1.42. The van der Waals surface area contributed by atoms with Crippen LogP contribution < -0.4 is 5.32 Å². The highest BCUT2D eigenvalue weighted by Gasteiger charge is 2.28. The monoisotopic (exact) mass is 439 g/mol. The van der Waals surface area contributed by atoms with E-state index in [0.29, 0.717) is 13.0 Å². The van der Waals surface area contributed by atoms with Gasteiger partial charge in [0.15, 0.2) is 5.96 Å². The van der Waals surface area contributed by atoms with Crippen molar-refractivity contribution in [2.45, 2.75) is 19.1 Å². The number of rotatable bonds is 3. The number of fused-ring (bicyclic) bond motifs is 3. The molecule has 1 fully saturated rings. The second-order valence-electron chi connectivity index (χ2n) is 7.77. The molecule has 0 spiro atoms. The van der Waals surface area contributed by atoms with Gasteiger partial charge in [0, 0.05) is 32.8 Å². The van der Waals surface area contributed by atoms with Crippen molar-refractivity contribution in [3.63, 3.8) is 0 Å². The Labute approximate surface area is 190 Å². The van der Waals surface area contributed by atoms with Gasteiger partial charge in [-0.3, -0.25) is 15.1 Å². The summed E-state index contributed by atoms with van der Waals surface area (Å²) in [4.78, 5) is 13.5. The molecule has 32 heavy (non-hydrogen) atoms. The number of carbonyl (C=O) groups is 1. The summed E-state index contributed by atoms with van der Waals surface area (Å²) in [6.45, 7) is 0.456. The summed E-state index contributed by atoms with van der Waals surface area (Å²) in [7, 11) is 1.62. The van der Waals surface area contributed by atoms with Crippen LogP contribution in [0.2, 0.25) is 0 Å². The zero-order valence-corrected chi connectivity index (χ0v) is 18.3. The predicted molar refractivity (Wildman–Crippen MR) is 128 cm³/mol. The molecule has 4 aromatic rings. The summed E-state index contributed by atoms with van der Waals surface area (Å²) in [5.41, 5.74) is 2.99. The predicted octanol–water partition coefficient (Wildman–Crippen LogP) is 5.01. The van der Waals surface area contributed by atoms with Crippen molar-refractivity contribution < 1.29 is 9.53 Å². The lowest BCUT2D eigenvalue weighted by atomic mass is 9.99. The minimum absolute atomic E-state index is 0.0536. The van der Waals surface area contributed by atoms with Gasteiger partial charge in [-0.25, -0.2) is 0 Å². The quantitative estimate of drug-likeness (QED) is 0.441. The number of nitrogens with zero attached hydrogens (tertiary/aromatic N) is 1. The maximum atomic E-state index is 12.2. The van der Waals surface area contributed by atoms with Gasteiger partial charge in [0.05, 0.1) is 12.5 Å². The number of guanidine groups is 1. The Kier molecular flexibility index (Phi) is 5.26. The normalized spacial score (nSPS) is 16.0. The second kappa shape index (κ2) is 8.37. The van der Waals surface area contributed by atoms with E-state index in [1.807, 2.05) is 42.5 Å². The molecule has 1 aromatic heterocycles. The average Bonchev–Trinajstić information content (AvgIpc) is 3.18. The molecule has 5 nitrogen and oxygen atoms in total. The minimum Gasteiger partial charge on any atom is -0.441 e. The Morgan fingerprint density at radius 1 is 1.09 bits per heavy atom. The molecule has 2 N–H and O–H groups in total. The molecule has 1 saturated heterocycles. The van der Waals surface area contributed by atoms with E-state index in [2.05, 4.69) is 41.6 Å². The van der Waals surface area contributed by atoms with E-state index >= 15 is 0 Å². The topological polar surface area (TPSA) is 65.4 Å². The molecule has 3 aromatic carbocycles. The molecule has 0 aliphatic carbocycles. The lowest BCUT2D eigenvalue weighted by Gasteiger charge is -2.31. The summed E-state index contributed by atoms with van der Waals surface area (Å²) in [5, 5.41) is 13.4. The van der Waals surface area contributed by atoms with Crippen LogP contribution in [0.15, 0.2) is 66.7 Å². The van der Waals surface area contributed by atoms with E-state index in [-0.39, 0.29) is 17.9 Å². The summed E-state index contributed by atoms with van der Waals surface area (Å²) >= 11 is 1.74. The van der Waals surface area contributed by atoms with Crippen molar-refractivity contribution in [1.82, 2.24) is 10.2 Å². The Morgan fingerprint density at radius 3 is 2.62 bits per heavy atom. The van der Waals surface area contributed by atoms with Crippen LogP contribution in [0.4, 0.5) is 0 Å². The fourth-order valence-electron chi connectivity index (χ4n) is 3.83. The molecule has 1 atom stereocenters. The van der Waals surface area contributed by atoms with Gasteiger partial charge in [-0.1, -0.05) is 36.4 Å². The van der Waals surface area contributed by atoms with E-state index < -0.39 is 0 Å². The van der Waals surface area contributed by atoms with Gasteiger partial charge in [0.2, 0.25) is 5.91 Å². The van der Waals surface area contributed by atoms with E-state index in [0.717, 1.165) is 27.5 Å². The van der Waals surface area contributed by atoms with Crippen LogP contribution in [0.25, 0.3) is 20.2 Å². The van der Waals surface area contributed by atoms with Crippen LogP contribution in [0.3, 0.4) is 0 Å². The first-order valence-corrected chi connectivity index (χ1v) is 11.1. The van der Waals surface area contributed by atoms with E-state index in [4.69, 9.17) is 10.1 Å². The van der Waals surface area contributed by atoms with Crippen molar-refractivity contribution in [2.75, 3.05) is 7.05 Å². The van der Waals surface area contributed by atoms with Crippen molar-refractivity contribution in [3.05, 3.63) is 83.4 Å². The molecule has 2 heterocycles. The summed E-state index contributed by atoms with van der Waals surface area (Å²) in [5.74, 6) is 3.18. The first kappa shape index (κ1) is 20.1. The summed E-state index contributed by atoms with van der Waals surface area (Å²) < 4.78 is 7.88. The summed E-state index contributed by atoms with van der Waals surface area (Å²) in [6, 6.07) is 22.2. The van der Waals surface area contributed by atoms with Crippen LogP contribution in [-0.2, 0) is 16.1 Å². The molecular formula is C26H21N3O2S. The van der Waals surface area contributed by atoms with Crippen molar-refractivity contribution in [1.29, 1.82) is 5.41 Å². The Hall–Kier alpha value is -3.82. The number of amides is 1. The first-order chi connectivity index (χ1) is 15.6. The molecule has 5 rings (SSSR count). The Bertz CT molecular complexity index is 1380. The molecule has 0 radical (unpaired) electrons. The third-order valence-corrected chi connectivity index (χ3v) is 6.80. The maximum absolute atomic E-state index is 12.2. The van der Waals surface area contributed by atoms with E-state index in [9.17, 15) is 4.79 Å². The van der Waals surface area contributed by atoms with Crippen LogP contribution in [0, 0.1) is 17.4 Å². The standard InChI is InChI=1S/C26H21N3O2S/c1-29-25(30)15-22(28-26(29)27)19-8-10-24-21(14-19)20-13-17(7-9-23(20)32-24)11-12-31-16-18-5-3-2-4-6-18/h2-10,13-14,22H,15-16H2,1H3,(H2,27,28). The van der Waals surface area contributed by atoms with Gasteiger partial charge >= 0.3 is 0 Å². The van der Waals surface area contributed by atoms with E-state index in [1.165, 1.54) is 14.3 Å². The number of thiophene rings is 1. The first-order valence-electron chi connectivity index (χ1n) is 10.3. The largest absolute Gasteiger partial charge is 0.441 e. The summed E-state index contributed by atoms with van der Waals surface area (Å²) in [6.07, 6.45) is 3.14. The smallest absolute Gasteiger partial charge is 0.231 e. The molecule has 1 aliphatic rings. The van der Waals surface area contributed by atoms with Crippen LogP contribution in [-0.4, -0.2) is 23.8 Å². The van der Waals surface area contributed by atoms with Gasteiger partial charge in [-0.2, -0.15) is 0 Å². The molecule has 1 unspecified atom stereocenters. The second-order valence-corrected chi connectivity index (χ2v) is 8.86. The third-order valence-electron chi connectivity index (χ3n) is 5.64. The maximum Gasteiger partial charge on any atom is 0.231 e. The molecule has 158 valence electrons. The number of carbonyl (C=O) groups excluding carboxylic acids is 1. The molecular weight excluding hydrogens is 418 g/mol. The van der Waals surface area contributed by atoms with Crippen molar-refractivity contribution in [2.24, 2.45) is 0 Å². The zero-order chi connectivity index (χ0) is 22.1.